The first-order chi connectivity index (χ1) is 7.35. The van der Waals surface area contributed by atoms with Gasteiger partial charge in [-0.1, -0.05) is 39.3 Å². The summed E-state index contributed by atoms with van der Waals surface area (Å²) in [5.41, 5.74) is 2.12. The van der Waals surface area contributed by atoms with Crippen LogP contribution in [0.5, 0.6) is 0 Å². The number of likely N-dealkylation sites (tertiary alicyclic amines) is 1. The molecule has 3 heteroatoms. The summed E-state index contributed by atoms with van der Waals surface area (Å²) in [6, 6.07) is 0. The maximum Gasteiger partial charge on any atom is 0.0638 e. The van der Waals surface area contributed by atoms with E-state index in [1.54, 1.807) is 0 Å². The minimum atomic E-state index is -1.07. The zero-order chi connectivity index (χ0) is 13.6. The van der Waals surface area contributed by atoms with Crippen molar-refractivity contribution < 1.29 is 0 Å². The van der Waals surface area contributed by atoms with Crippen LogP contribution in [0.15, 0.2) is 0 Å². The van der Waals surface area contributed by atoms with Crippen molar-refractivity contribution >= 4 is 16.1 Å². The van der Waals surface area contributed by atoms with Gasteiger partial charge >= 0.3 is 0 Å². The SMILES string of the molecule is CC(C)(C)N1C([Si](C)(C)C)CCC1[Si](C)(C)C. The Balaban J connectivity index is 3.08. The van der Waals surface area contributed by atoms with Gasteiger partial charge in [0.15, 0.2) is 0 Å². The Morgan fingerprint density at radius 3 is 1.24 bits per heavy atom. The van der Waals surface area contributed by atoms with E-state index in [0.29, 0.717) is 5.54 Å². The predicted molar refractivity (Wildman–Crippen MR) is 85.1 cm³/mol. The fourth-order valence-electron chi connectivity index (χ4n) is 3.45. The van der Waals surface area contributed by atoms with Crippen LogP contribution in [0.1, 0.15) is 33.6 Å². The molecular weight excluding hydrogens is 238 g/mol. The Bertz CT molecular complexity index is 245. The molecule has 1 nitrogen and oxygen atoms in total. The van der Waals surface area contributed by atoms with Crippen LogP contribution in [0, 0.1) is 0 Å². The molecule has 0 aromatic heterocycles. The lowest BCUT2D eigenvalue weighted by molar-refractivity contribution is 0.131. The van der Waals surface area contributed by atoms with Crippen molar-refractivity contribution in [1.29, 1.82) is 0 Å². The first-order valence-electron chi connectivity index (χ1n) is 7.13. The third-order valence-corrected chi connectivity index (χ3v) is 9.29. The van der Waals surface area contributed by atoms with E-state index < -0.39 is 16.1 Å². The van der Waals surface area contributed by atoms with Crippen LogP contribution in [0.3, 0.4) is 0 Å². The summed E-state index contributed by atoms with van der Waals surface area (Å²) in [5.74, 6) is 0. The summed E-state index contributed by atoms with van der Waals surface area (Å²) in [6.07, 6.45) is 2.89. The first-order valence-corrected chi connectivity index (χ1v) is 14.3. The van der Waals surface area contributed by atoms with Gasteiger partial charge in [-0.05, 0) is 33.6 Å². The minimum absolute atomic E-state index is 0.340. The zero-order valence-corrected chi connectivity index (χ0v) is 15.5. The van der Waals surface area contributed by atoms with Gasteiger partial charge in [0.05, 0.1) is 16.1 Å². The van der Waals surface area contributed by atoms with Crippen LogP contribution >= 0.6 is 0 Å². The highest BCUT2D eigenvalue weighted by Crippen LogP contribution is 2.39. The van der Waals surface area contributed by atoms with Crippen molar-refractivity contribution in [3.8, 4) is 0 Å². The fourth-order valence-corrected chi connectivity index (χ4v) is 8.46. The molecule has 0 aromatic rings. The second-order valence-corrected chi connectivity index (χ2v) is 19.7. The Kier molecular flexibility index (Phi) is 4.09. The summed E-state index contributed by atoms with van der Waals surface area (Å²) in [7, 11) is -2.14. The van der Waals surface area contributed by atoms with Gasteiger partial charge in [-0.2, -0.15) is 0 Å². The van der Waals surface area contributed by atoms with Gasteiger partial charge in [0.1, 0.15) is 0 Å². The minimum Gasteiger partial charge on any atom is -0.298 e. The quantitative estimate of drug-likeness (QED) is 0.674. The third kappa shape index (κ3) is 3.45. The highest BCUT2D eigenvalue weighted by molar-refractivity contribution is 6.79. The Morgan fingerprint density at radius 2 is 1.06 bits per heavy atom. The predicted octanol–water partition coefficient (Wildman–Crippen LogP) is 4.37. The molecular formula is C14H33NSi2. The molecule has 1 heterocycles. The summed E-state index contributed by atoms with van der Waals surface area (Å²) in [6.45, 7) is 22.5. The molecule has 0 spiro atoms. The van der Waals surface area contributed by atoms with E-state index in [9.17, 15) is 0 Å². The molecule has 1 saturated heterocycles. The summed E-state index contributed by atoms with van der Waals surface area (Å²) in [5, 5.41) is 0. The summed E-state index contributed by atoms with van der Waals surface area (Å²) in [4.78, 5) is 2.92. The lowest BCUT2D eigenvalue weighted by Crippen LogP contribution is -2.62. The summed E-state index contributed by atoms with van der Waals surface area (Å²) < 4.78 is 0. The Hall–Kier alpha value is 0.394. The van der Waals surface area contributed by atoms with E-state index in [0.717, 1.165) is 11.3 Å². The molecule has 0 aliphatic carbocycles. The maximum absolute atomic E-state index is 2.92. The second-order valence-electron chi connectivity index (χ2n) is 8.92. The van der Waals surface area contributed by atoms with Crippen molar-refractivity contribution in [1.82, 2.24) is 4.90 Å². The molecule has 2 unspecified atom stereocenters. The zero-order valence-electron chi connectivity index (χ0n) is 13.5. The average Bonchev–Trinajstić information content (AvgIpc) is 2.42. The van der Waals surface area contributed by atoms with Crippen LogP contribution in [0.25, 0.3) is 0 Å². The molecule has 0 aromatic carbocycles. The number of hydrogen-bond acceptors (Lipinski definition) is 1. The molecule has 0 bridgehead atoms. The van der Waals surface area contributed by atoms with Crippen LogP contribution in [-0.2, 0) is 0 Å². The fraction of sp³-hybridized carbons (Fsp3) is 1.00. The standard InChI is InChI=1S/C14H33NSi2/c1-14(2,3)15-12(16(4,5)6)10-11-13(15)17(7,8)9/h12-13H,10-11H2,1-9H3. The topological polar surface area (TPSA) is 3.24 Å². The van der Waals surface area contributed by atoms with Crippen molar-refractivity contribution in [3.05, 3.63) is 0 Å². The second kappa shape index (κ2) is 4.50. The van der Waals surface area contributed by atoms with E-state index in [-0.39, 0.29) is 0 Å². The van der Waals surface area contributed by atoms with Gasteiger partial charge in [-0.25, -0.2) is 0 Å². The molecule has 17 heavy (non-hydrogen) atoms. The van der Waals surface area contributed by atoms with Crippen LogP contribution in [-0.4, -0.2) is 37.9 Å². The highest BCUT2D eigenvalue weighted by atomic mass is 28.3. The van der Waals surface area contributed by atoms with Crippen molar-refractivity contribution in [2.45, 2.75) is 89.8 Å². The van der Waals surface area contributed by atoms with Gasteiger partial charge in [-0.15, -0.1) is 0 Å². The summed E-state index contributed by atoms with van der Waals surface area (Å²) >= 11 is 0. The van der Waals surface area contributed by atoms with Gasteiger partial charge in [-0.3, -0.25) is 4.90 Å². The van der Waals surface area contributed by atoms with E-state index in [1.807, 2.05) is 0 Å². The molecule has 102 valence electrons. The number of hydrogen-bond donors (Lipinski definition) is 0. The molecule has 0 N–H and O–H groups in total. The lowest BCUT2D eigenvalue weighted by Gasteiger charge is -2.48. The van der Waals surface area contributed by atoms with Gasteiger partial charge in [0.25, 0.3) is 0 Å². The van der Waals surface area contributed by atoms with Gasteiger partial charge < -0.3 is 0 Å². The first kappa shape index (κ1) is 15.5. The van der Waals surface area contributed by atoms with Crippen LogP contribution < -0.4 is 0 Å². The third-order valence-electron chi connectivity index (χ3n) is 4.16. The van der Waals surface area contributed by atoms with Gasteiger partial charge in [0.2, 0.25) is 0 Å². The molecule has 0 radical (unpaired) electrons. The highest BCUT2D eigenvalue weighted by Gasteiger charge is 2.49. The normalized spacial score (nSPS) is 28.8. The average molecular weight is 272 g/mol. The van der Waals surface area contributed by atoms with E-state index in [2.05, 4.69) is 65.0 Å². The maximum atomic E-state index is 2.92. The van der Waals surface area contributed by atoms with Crippen molar-refractivity contribution in [3.63, 3.8) is 0 Å². The van der Waals surface area contributed by atoms with E-state index in [1.165, 1.54) is 12.8 Å². The van der Waals surface area contributed by atoms with Crippen LogP contribution in [0.2, 0.25) is 39.3 Å². The molecule has 0 saturated carbocycles. The molecule has 1 rings (SSSR count). The molecule has 1 aliphatic heterocycles. The Labute approximate surface area is 111 Å². The van der Waals surface area contributed by atoms with E-state index >= 15 is 0 Å². The molecule has 1 aliphatic rings. The molecule has 1 fully saturated rings. The lowest BCUT2D eigenvalue weighted by atomic mass is 10.1. The number of rotatable bonds is 2. The molecule has 2 atom stereocenters. The molecule has 0 amide bonds. The smallest absolute Gasteiger partial charge is 0.0638 e. The van der Waals surface area contributed by atoms with E-state index in [4.69, 9.17) is 0 Å². The van der Waals surface area contributed by atoms with Crippen molar-refractivity contribution in [2.24, 2.45) is 0 Å². The van der Waals surface area contributed by atoms with Crippen LogP contribution in [0.4, 0.5) is 0 Å². The van der Waals surface area contributed by atoms with Crippen molar-refractivity contribution in [2.75, 3.05) is 0 Å². The number of nitrogens with zero attached hydrogens (tertiary/aromatic N) is 1. The monoisotopic (exact) mass is 271 g/mol. The van der Waals surface area contributed by atoms with Gasteiger partial charge in [0, 0.05) is 16.9 Å². The Morgan fingerprint density at radius 1 is 0.765 bits per heavy atom. The largest absolute Gasteiger partial charge is 0.298 e.